The molecule has 1 aromatic carbocycles. The van der Waals surface area contributed by atoms with Gasteiger partial charge >= 0.3 is 5.97 Å². The quantitative estimate of drug-likeness (QED) is 0.451. The normalized spacial score (nSPS) is 11.8. The van der Waals surface area contributed by atoms with Gasteiger partial charge in [-0.15, -0.1) is 0 Å². The molecule has 0 amide bonds. The molecule has 0 radical (unpaired) electrons. The summed E-state index contributed by atoms with van der Waals surface area (Å²) < 4.78 is 5.16. The fourth-order valence-corrected chi connectivity index (χ4v) is 1.23. The highest BCUT2D eigenvalue weighted by atomic mass is 35.5. The van der Waals surface area contributed by atoms with Crippen LogP contribution < -0.4 is 0 Å². The molecule has 0 bridgehead atoms. The van der Waals surface area contributed by atoms with Crippen molar-refractivity contribution in [2.24, 2.45) is 0 Å². The van der Waals surface area contributed by atoms with Crippen LogP contribution in [0.15, 0.2) is 48.3 Å². The number of rotatable bonds is 3. The number of hydrogen-bond acceptors (Lipinski definition) is 2. The fraction of sp³-hybridized carbons (Fsp3) is 0.154. The maximum atomic E-state index is 11.7. The van der Waals surface area contributed by atoms with Gasteiger partial charge in [-0.05, 0) is 50.3 Å². The summed E-state index contributed by atoms with van der Waals surface area (Å²) in [7, 11) is 0. The lowest BCUT2D eigenvalue weighted by Crippen LogP contribution is -2.03. The minimum absolute atomic E-state index is 0.386. The number of esters is 1. The van der Waals surface area contributed by atoms with Crippen molar-refractivity contribution < 1.29 is 9.53 Å². The van der Waals surface area contributed by atoms with Gasteiger partial charge in [0.2, 0.25) is 0 Å². The second-order valence-corrected chi connectivity index (χ2v) is 3.52. The first kappa shape index (κ1) is 12.5. The number of carbonyl (C=O) groups excluding carboxylic acids is 1. The molecule has 0 atom stereocenters. The number of ether oxygens (including phenoxy) is 1. The predicted molar refractivity (Wildman–Crippen MR) is 65.4 cm³/mol. The topological polar surface area (TPSA) is 26.3 Å². The third-order valence-electron chi connectivity index (χ3n) is 1.91. The molecular weight excluding hydrogens is 224 g/mol. The monoisotopic (exact) mass is 236 g/mol. The van der Waals surface area contributed by atoms with Crippen LogP contribution in [0, 0.1) is 0 Å². The lowest BCUT2D eigenvalue weighted by Gasteiger charge is -2.04. The second kappa shape index (κ2) is 6.13. The van der Waals surface area contributed by atoms with E-state index in [1.54, 1.807) is 36.4 Å². The van der Waals surface area contributed by atoms with Crippen molar-refractivity contribution in [3.63, 3.8) is 0 Å². The molecule has 0 aromatic heterocycles. The number of benzene rings is 1. The van der Waals surface area contributed by atoms with E-state index < -0.39 is 0 Å². The Morgan fingerprint density at radius 3 is 2.38 bits per heavy atom. The molecule has 0 heterocycles. The van der Waals surface area contributed by atoms with Crippen LogP contribution in [0.3, 0.4) is 0 Å². The van der Waals surface area contributed by atoms with Gasteiger partial charge in [0.1, 0.15) is 5.76 Å². The molecule has 1 aromatic rings. The van der Waals surface area contributed by atoms with Crippen molar-refractivity contribution >= 4 is 17.6 Å². The van der Waals surface area contributed by atoms with Crippen LogP contribution in [-0.4, -0.2) is 5.97 Å². The van der Waals surface area contributed by atoms with E-state index >= 15 is 0 Å². The molecule has 1 rings (SSSR count). The van der Waals surface area contributed by atoms with Crippen LogP contribution in [0.1, 0.15) is 24.2 Å². The molecule has 0 aliphatic carbocycles. The van der Waals surface area contributed by atoms with Gasteiger partial charge in [-0.2, -0.15) is 0 Å². The summed E-state index contributed by atoms with van der Waals surface area (Å²) in [5.41, 5.74) is 0.480. The highest BCUT2D eigenvalue weighted by Gasteiger charge is 2.07. The lowest BCUT2D eigenvalue weighted by molar-refractivity contribution is 0.0636. The molecule has 0 spiro atoms. The van der Waals surface area contributed by atoms with Crippen molar-refractivity contribution in [3.05, 3.63) is 58.8 Å². The minimum atomic E-state index is -0.386. The Kier molecular flexibility index (Phi) is 4.80. The number of allylic oxidation sites excluding steroid dienone is 3. The molecular formula is C13H13ClO2. The summed E-state index contributed by atoms with van der Waals surface area (Å²) in [4.78, 5) is 11.7. The minimum Gasteiger partial charge on any atom is -0.423 e. The zero-order chi connectivity index (χ0) is 12.0. The molecule has 0 saturated carbocycles. The molecule has 0 aliphatic heterocycles. The standard InChI is InChI=1S/C13H13ClO2/c1-3-5-12(4-2)16-13(15)10-6-8-11(14)9-7-10/h3-9H,1-2H3/b5-3-,12-4+. The highest BCUT2D eigenvalue weighted by molar-refractivity contribution is 6.30. The van der Waals surface area contributed by atoms with Gasteiger partial charge < -0.3 is 4.74 Å². The summed E-state index contributed by atoms with van der Waals surface area (Å²) in [6.45, 7) is 3.67. The third kappa shape index (κ3) is 3.55. The van der Waals surface area contributed by atoms with Crippen molar-refractivity contribution in [1.29, 1.82) is 0 Å². The molecule has 0 unspecified atom stereocenters. The molecule has 0 N–H and O–H groups in total. The van der Waals surface area contributed by atoms with Gasteiger partial charge in [0.15, 0.2) is 0 Å². The summed E-state index contributed by atoms with van der Waals surface area (Å²) in [6.07, 6.45) is 5.27. The first-order chi connectivity index (χ1) is 7.67. The third-order valence-corrected chi connectivity index (χ3v) is 2.16. The van der Waals surface area contributed by atoms with Crippen LogP contribution >= 0.6 is 11.6 Å². The Hall–Kier alpha value is -1.54. The largest absolute Gasteiger partial charge is 0.423 e. The number of carbonyl (C=O) groups is 1. The van der Waals surface area contributed by atoms with Crippen molar-refractivity contribution in [2.75, 3.05) is 0 Å². The Morgan fingerprint density at radius 1 is 1.25 bits per heavy atom. The first-order valence-electron chi connectivity index (χ1n) is 4.94. The smallest absolute Gasteiger partial charge is 0.343 e. The van der Waals surface area contributed by atoms with E-state index in [1.807, 2.05) is 19.9 Å². The molecule has 3 heteroatoms. The predicted octanol–water partition coefficient (Wildman–Crippen LogP) is 3.98. The summed E-state index contributed by atoms with van der Waals surface area (Å²) in [6, 6.07) is 6.58. The van der Waals surface area contributed by atoms with Gasteiger partial charge in [0, 0.05) is 5.02 Å². The van der Waals surface area contributed by atoms with Crippen molar-refractivity contribution in [3.8, 4) is 0 Å². The Balaban J connectivity index is 2.76. The van der Waals surface area contributed by atoms with Gasteiger partial charge in [-0.1, -0.05) is 17.7 Å². The van der Waals surface area contributed by atoms with Gasteiger partial charge in [-0.3, -0.25) is 0 Å². The van der Waals surface area contributed by atoms with Gasteiger partial charge in [0.25, 0.3) is 0 Å². The molecule has 0 aliphatic rings. The van der Waals surface area contributed by atoms with E-state index in [-0.39, 0.29) is 5.97 Å². The van der Waals surface area contributed by atoms with Crippen LogP contribution in [0.4, 0.5) is 0 Å². The summed E-state index contributed by atoms with van der Waals surface area (Å²) in [5, 5.41) is 0.594. The maximum Gasteiger partial charge on any atom is 0.343 e. The van der Waals surface area contributed by atoms with Crippen molar-refractivity contribution in [2.45, 2.75) is 13.8 Å². The molecule has 2 nitrogen and oxygen atoms in total. The zero-order valence-electron chi connectivity index (χ0n) is 9.24. The maximum absolute atomic E-state index is 11.7. The highest BCUT2D eigenvalue weighted by Crippen LogP contribution is 2.12. The van der Waals surface area contributed by atoms with Crippen LogP contribution in [-0.2, 0) is 4.74 Å². The van der Waals surface area contributed by atoms with E-state index in [0.717, 1.165) is 0 Å². The van der Waals surface area contributed by atoms with E-state index in [0.29, 0.717) is 16.3 Å². The van der Waals surface area contributed by atoms with E-state index in [4.69, 9.17) is 16.3 Å². The molecule has 84 valence electrons. The van der Waals surface area contributed by atoms with Gasteiger partial charge in [0.05, 0.1) is 5.56 Å². The second-order valence-electron chi connectivity index (χ2n) is 3.09. The van der Waals surface area contributed by atoms with E-state index in [2.05, 4.69) is 0 Å². The van der Waals surface area contributed by atoms with E-state index in [9.17, 15) is 4.79 Å². The lowest BCUT2D eigenvalue weighted by atomic mass is 10.2. The summed E-state index contributed by atoms with van der Waals surface area (Å²) in [5.74, 6) is 0.144. The SMILES string of the molecule is C/C=C\C(=C/C)OC(=O)c1ccc(Cl)cc1. The Labute approximate surface area is 100 Å². The van der Waals surface area contributed by atoms with Gasteiger partial charge in [-0.25, -0.2) is 4.79 Å². The Bertz CT molecular complexity index is 416. The number of halogens is 1. The zero-order valence-corrected chi connectivity index (χ0v) is 9.99. The van der Waals surface area contributed by atoms with Crippen LogP contribution in [0.2, 0.25) is 5.02 Å². The van der Waals surface area contributed by atoms with Crippen molar-refractivity contribution in [1.82, 2.24) is 0 Å². The average molecular weight is 237 g/mol. The first-order valence-corrected chi connectivity index (χ1v) is 5.32. The molecule has 16 heavy (non-hydrogen) atoms. The average Bonchev–Trinajstić information content (AvgIpc) is 2.29. The summed E-state index contributed by atoms with van der Waals surface area (Å²) >= 11 is 5.72. The Morgan fingerprint density at radius 2 is 1.88 bits per heavy atom. The molecule has 0 saturated heterocycles. The van der Waals surface area contributed by atoms with Crippen LogP contribution in [0.25, 0.3) is 0 Å². The molecule has 0 fully saturated rings. The van der Waals surface area contributed by atoms with E-state index in [1.165, 1.54) is 0 Å². The fourth-order valence-electron chi connectivity index (χ4n) is 1.11. The van der Waals surface area contributed by atoms with Crippen LogP contribution in [0.5, 0.6) is 0 Å². The number of hydrogen-bond donors (Lipinski definition) is 0.